The van der Waals surface area contributed by atoms with E-state index >= 15 is 0 Å². The number of aromatic nitrogens is 3. The molecule has 0 saturated heterocycles. The lowest BCUT2D eigenvalue weighted by Crippen LogP contribution is -2.45. The maximum absolute atomic E-state index is 12.9. The SMILES string of the molecule is CC[C@H]1C(=O)Nc2c(cc(NCc3cnn(Cc4cccc(C(F)(F)F)c4)c3)nc2C)N1C. The molecule has 0 radical (unpaired) electrons. The molecule has 1 atom stereocenters. The molecule has 0 bridgehead atoms. The number of likely N-dealkylation sites (N-methyl/N-ethyl adjacent to an activating group) is 1. The molecule has 1 aliphatic rings. The molecule has 0 fully saturated rings. The first-order valence-corrected chi connectivity index (χ1v) is 10.6. The highest BCUT2D eigenvalue weighted by Gasteiger charge is 2.31. The van der Waals surface area contributed by atoms with Crippen LogP contribution in [-0.4, -0.2) is 33.8 Å². The molecule has 1 aromatic carbocycles. The van der Waals surface area contributed by atoms with E-state index in [0.717, 1.165) is 23.4 Å². The van der Waals surface area contributed by atoms with Crippen LogP contribution in [0.1, 0.15) is 35.7 Å². The quantitative estimate of drug-likeness (QED) is 0.572. The third kappa shape index (κ3) is 4.79. The number of benzene rings is 1. The van der Waals surface area contributed by atoms with Crippen LogP contribution in [0.2, 0.25) is 0 Å². The number of nitrogens with zero attached hydrogens (tertiary/aromatic N) is 4. The van der Waals surface area contributed by atoms with Gasteiger partial charge in [-0.1, -0.05) is 19.1 Å². The van der Waals surface area contributed by atoms with Crippen LogP contribution in [0, 0.1) is 6.92 Å². The summed E-state index contributed by atoms with van der Waals surface area (Å²) in [6.07, 6.45) is -0.219. The van der Waals surface area contributed by atoms with E-state index in [1.165, 1.54) is 6.07 Å². The van der Waals surface area contributed by atoms with Crippen molar-refractivity contribution in [2.75, 3.05) is 22.6 Å². The number of hydrogen-bond acceptors (Lipinski definition) is 5. The highest BCUT2D eigenvalue weighted by molar-refractivity contribution is 6.04. The third-order valence-electron chi connectivity index (χ3n) is 5.72. The number of anilines is 3. The maximum atomic E-state index is 12.9. The summed E-state index contributed by atoms with van der Waals surface area (Å²) in [5, 5.41) is 10.5. The second-order valence-corrected chi connectivity index (χ2v) is 8.11. The topological polar surface area (TPSA) is 75.1 Å². The van der Waals surface area contributed by atoms with Crippen molar-refractivity contribution in [3.63, 3.8) is 0 Å². The summed E-state index contributed by atoms with van der Waals surface area (Å²) in [5.41, 5.74) is 3.05. The molecule has 1 aliphatic heterocycles. The number of fused-ring (bicyclic) bond motifs is 1. The van der Waals surface area contributed by atoms with Gasteiger partial charge in [-0.15, -0.1) is 0 Å². The van der Waals surface area contributed by atoms with Crippen molar-refractivity contribution < 1.29 is 18.0 Å². The van der Waals surface area contributed by atoms with Gasteiger partial charge in [0.1, 0.15) is 11.9 Å². The fraction of sp³-hybridized carbons (Fsp3) is 0.348. The van der Waals surface area contributed by atoms with Gasteiger partial charge >= 0.3 is 6.18 Å². The van der Waals surface area contributed by atoms with Crippen LogP contribution < -0.4 is 15.5 Å². The predicted octanol–water partition coefficient (Wildman–Crippen LogP) is 4.43. The summed E-state index contributed by atoms with van der Waals surface area (Å²) in [4.78, 5) is 18.8. The van der Waals surface area contributed by atoms with Crippen LogP contribution in [-0.2, 0) is 24.1 Å². The number of halogens is 3. The summed E-state index contributed by atoms with van der Waals surface area (Å²) in [7, 11) is 1.90. The molecule has 4 rings (SSSR count). The molecule has 3 heterocycles. The summed E-state index contributed by atoms with van der Waals surface area (Å²) >= 11 is 0. The lowest BCUT2D eigenvalue weighted by Gasteiger charge is -2.35. The van der Waals surface area contributed by atoms with Crippen LogP contribution >= 0.6 is 0 Å². The van der Waals surface area contributed by atoms with Crippen molar-refractivity contribution in [2.24, 2.45) is 0 Å². The number of pyridine rings is 1. The van der Waals surface area contributed by atoms with Gasteiger partial charge < -0.3 is 15.5 Å². The van der Waals surface area contributed by atoms with Crippen molar-refractivity contribution in [3.05, 3.63) is 65.1 Å². The molecule has 33 heavy (non-hydrogen) atoms. The van der Waals surface area contributed by atoms with E-state index in [0.29, 0.717) is 35.7 Å². The van der Waals surface area contributed by atoms with Gasteiger partial charge in [0.15, 0.2) is 0 Å². The minimum atomic E-state index is -4.37. The monoisotopic (exact) mass is 458 g/mol. The number of amides is 1. The molecular weight excluding hydrogens is 433 g/mol. The minimum Gasteiger partial charge on any atom is -0.366 e. The van der Waals surface area contributed by atoms with E-state index in [4.69, 9.17) is 0 Å². The number of nitrogens with one attached hydrogen (secondary N) is 2. The van der Waals surface area contributed by atoms with Crippen LogP contribution in [0.25, 0.3) is 0 Å². The Kier molecular flexibility index (Phi) is 6.01. The average Bonchev–Trinajstić information content (AvgIpc) is 3.20. The molecule has 7 nitrogen and oxygen atoms in total. The van der Waals surface area contributed by atoms with Crippen LogP contribution in [0.3, 0.4) is 0 Å². The zero-order valence-corrected chi connectivity index (χ0v) is 18.6. The molecular formula is C23H25F3N6O. The molecule has 0 spiro atoms. The van der Waals surface area contributed by atoms with Gasteiger partial charge in [0.25, 0.3) is 0 Å². The van der Waals surface area contributed by atoms with Gasteiger partial charge in [-0.25, -0.2) is 4.98 Å². The molecule has 0 unspecified atom stereocenters. The number of hydrogen-bond donors (Lipinski definition) is 2. The second kappa shape index (κ2) is 8.76. The third-order valence-corrected chi connectivity index (χ3v) is 5.72. The Morgan fingerprint density at radius 2 is 2.00 bits per heavy atom. The minimum absolute atomic E-state index is 0.0358. The predicted molar refractivity (Wildman–Crippen MR) is 120 cm³/mol. The molecule has 0 saturated carbocycles. The van der Waals surface area contributed by atoms with Gasteiger partial charge in [0.05, 0.1) is 35.4 Å². The van der Waals surface area contributed by atoms with E-state index < -0.39 is 11.7 Å². The highest BCUT2D eigenvalue weighted by Crippen LogP contribution is 2.35. The van der Waals surface area contributed by atoms with Crippen molar-refractivity contribution in [2.45, 2.75) is 45.6 Å². The fourth-order valence-electron chi connectivity index (χ4n) is 4.00. The standard InChI is InChI=1S/C23H25F3N6O/c1-4-18-22(33)30-21-14(2)29-20(9-19(21)31(18)3)27-10-16-11-28-32(13-16)12-15-6-5-7-17(8-15)23(24,25)26/h5-9,11,13,18H,4,10,12H2,1-3H3,(H,27,29)(H,30,33)/t18-/m0/s1. The number of rotatable bonds is 6. The number of carbonyl (C=O) groups is 1. The molecule has 1 amide bonds. The summed E-state index contributed by atoms with van der Waals surface area (Å²) in [6.45, 7) is 4.50. The number of carbonyl (C=O) groups excluding carboxylic acids is 1. The van der Waals surface area contributed by atoms with Crippen molar-refractivity contribution in [3.8, 4) is 0 Å². The first-order chi connectivity index (χ1) is 15.7. The Bertz CT molecular complexity index is 1170. The molecule has 3 aromatic rings. The van der Waals surface area contributed by atoms with E-state index in [1.54, 1.807) is 23.1 Å². The molecule has 10 heteroatoms. The summed E-state index contributed by atoms with van der Waals surface area (Å²) in [6, 6.07) is 6.90. The van der Waals surface area contributed by atoms with Gasteiger partial charge in [-0.2, -0.15) is 18.3 Å². The lowest BCUT2D eigenvalue weighted by molar-refractivity contribution is -0.137. The molecule has 2 N–H and O–H groups in total. The highest BCUT2D eigenvalue weighted by atomic mass is 19.4. The van der Waals surface area contributed by atoms with E-state index in [1.807, 2.05) is 31.9 Å². The van der Waals surface area contributed by atoms with Crippen molar-refractivity contribution in [1.29, 1.82) is 0 Å². The molecule has 0 aliphatic carbocycles. The zero-order valence-electron chi connectivity index (χ0n) is 18.6. The van der Waals surface area contributed by atoms with Crippen LogP contribution in [0.15, 0.2) is 42.7 Å². The molecule has 174 valence electrons. The Balaban J connectivity index is 1.45. The Hall–Kier alpha value is -3.56. The first-order valence-electron chi connectivity index (χ1n) is 10.6. The van der Waals surface area contributed by atoms with Gasteiger partial charge in [-0.3, -0.25) is 9.48 Å². The van der Waals surface area contributed by atoms with E-state index in [2.05, 4.69) is 20.7 Å². The number of aryl methyl sites for hydroxylation is 1. The normalized spacial score (nSPS) is 15.9. The summed E-state index contributed by atoms with van der Waals surface area (Å²) < 4.78 is 40.4. The average molecular weight is 458 g/mol. The maximum Gasteiger partial charge on any atom is 0.416 e. The van der Waals surface area contributed by atoms with Crippen molar-refractivity contribution >= 4 is 23.1 Å². The van der Waals surface area contributed by atoms with E-state index in [-0.39, 0.29) is 18.5 Å². The number of alkyl halides is 3. The van der Waals surface area contributed by atoms with E-state index in [9.17, 15) is 18.0 Å². The van der Waals surface area contributed by atoms with Crippen LogP contribution in [0.4, 0.5) is 30.4 Å². The Labute approximate surface area is 189 Å². The van der Waals surface area contributed by atoms with Crippen molar-refractivity contribution in [1.82, 2.24) is 14.8 Å². The largest absolute Gasteiger partial charge is 0.416 e. The second-order valence-electron chi connectivity index (χ2n) is 8.11. The lowest BCUT2D eigenvalue weighted by atomic mass is 10.1. The smallest absolute Gasteiger partial charge is 0.366 e. The zero-order chi connectivity index (χ0) is 23.8. The molecule has 2 aromatic heterocycles. The van der Waals surface area contributed by atoms with Gasteiger partial charge in [-0.05, 0) is 31.0 Å². The first kappa shape index (κ1) is 22.6. The fourth-order valence-corrected chi connectivity index (χ4v) is 4.00. The summed E-state index contributed by atoms with van der Waals surface area (Å²) in [5.74, 6) is 0.626. The Morgan fingerprint density at radius 3 is 2.73 bits per heavy atom. The van der Waals surface area contributed by atoms with Crippen LogP contribution in [0.5, 0.6) is 0 Å². The van der Waals surface area contributed by atoms with Gasteiger partial charge in [0, 0.05) is 31.4 Å². The van der Waals surface area contributed by atoms with Gasteiger partial charge in [0.2, 0.25) is 5.91 Å². The Morgan fingerprint density at radius 1 is 1.21 bits per heavy atom.